The molecule has 0 saturated carbocycles. The highest BCUT2D eigenvalue weighted by Gasteiger charge is 2.25. The Hall–Kier alpha value is -0.790. The minimum atomic E-state index is -0.756. The van der Waals surface area contributed by atoms with E-state index in [2.05, 4.69) is 0 Å². The predicted molar refractivity (Wildman–Crippen MR) is 86.4 cm³/mol. The van der Waals surface area contributed by atoms with Crippen molar-refractivity contribution in [1.29, 1.82) is 10.8 Å². The maximum atomic E-state index is 13.9. The number of nitrogens with zero attached hydrogens (tertiary/aromatic N) is 1. The van der Waals surface area contributed by atoms with Gasteiger partial charge in [-0.15, -0.1) is 0 Å². The van der Waals surface area contributed by atoms with E-state index < -0.39 is 17.7 Å². The van der Waals surface area contributed by atoms with Crippen molar-refractivity contribution in [3.63, 3.8) is 0 Å². The lowest BCUT2D eigenvalue weighted by Crippen LogP contribution is -2.42. The Labute approximate surface area is 142 Å². The number of nitrogens with one attached hydrogen (secondary N) is 2. The highest BCUT2D eigenvalue weighted by Crippen LogP contribution is 2.25. The standard InChI is InChI=1S/C13H15Cl3F2N4/c14-11(20)5-10(13(16)21)22(4-3-19)6-7-8(17)1-2-9(18)12(7)15/h1-2,10,20-21H,3-6,19H2. The minimum absolute atomic E-state index is 0.0293. The van der Waals surface area contributed by atoms with Gasteiger partial charge in [0.15, 0.2) is 0 Å². The summed E-state index contributed by atoms with van der Waals surface area (Å²) in [4.78, 5) is 1.54. The van der Waals surface area contributed by atoms with E-state index in [1.165, 1.54) is 4.90 Å². The van der Waals surface area contributed by atoms with E-state index >= 15 is 0 Å². The molecule has 1 atom stereocenters. The monoisotopic (exact) mass is 370 g/mol. The smallest absolute Gasteiger partial charge is 0.142 e. The third kappa shape index (κ3) is 5.14. The molecular weight excluding hydrogens is 357 g/mol. The lowest BCUT2D eigenvalue weighted by atomic mass is 10.1. The lowest BCUT2D eigenvalue weighted by Gasteiger charge is -2.30. The van der Waals surface area contributed by atoms with Crippen LogP contribution in [0.5, 0.6) is 0 Å². The Morgan fingerprint density at radius 2 is 1.82 bits per heavy atom. The minimum Gasteiger partial charge on any atom is -0.329 e. The van der Waals surface area contributed by atoms with Gasteiger partial charge in [-0.1, -0.05) is 34.8 Å². The van der Waals surface area contributed by atoms with Crippen LogP contribution in [0.2, 0.25) is 5.02 Å². The second kappa shape index (κ2) is 8.74. The molecule has 122 valence electrons. The Morgan fingerprint density at radius 3 is 2.32 bits per heavy atom. The topological polar surface area (TPSA) is 77.0 Å². The van der Waals surface area contributed by atoms with E-state index in [9.17, 15) is 8.78 Å². The molecule has 0 bridgehead atoms. The quantitative estimate of drug-likeness (QED) is 0.482. The number of rotatable bonds is 8. The van der Waals surface area contributed by atoms with Gasteiger partial charge in [0.1, 0.15) is 16.8 Å². The third-order valence-electron chi connectivity index (χ3n) is 3.02. The Balaban J connectivity index is 3.13. The largest absolute Gasteiger partial charge is 0.329 e. The summed E-state index contributed by atoms with van der Waals surface area (Å²) < 4.78 is 27.4. The number of hydrogen-bond donors (Lipinski definition) is 3. The van der Waals surface area contributed by atoms with Crippen LogP contribution in [0.25, 0.3) is 0 Å². The molecule has 0 aliphatic heterocycles. The van der Waals surface area contributed by atoms with E-state index in [0.717, 1.165) is 12.1 Å². The first-order valence-corrected chi connectivity index (χ1v) is 7.44. The van der Waals surface area contributed by atoms with Gasteiger partial charge in [0.2, 0.25) is 0 Å². The molecule has 4 N–H and O–H groups in total. The van der Waals surface area contributed by atoms with Crippen LogP contribution in [0.15, 0.2) is 12.1 Å². The number of benzene rings is 1. The van der Waals surface area contributed by atoms with Gasteiger partial charge in [0.05, 0.1) is 16.2 Å². The second-order valence-electron chi connectivity index (χ2n) is 4.55. The summed E-state index contributed by atoms with van der Waals surface area (Å²) in [6.07, 6.45) is -0.0293. The second-order valence-corrected chi connectivity index (χ2v) is 5.80. The molecule has 1 aromatic rings. The molecule has 0 spiro atoms. The maximum absolute atomic E-state index is 13.9. The SMILES string of the molecule is N=C(Cl)CC(C(=N)Cl)N(CCN)Cc1c(F)ccc(F)c1Cl. The van der Waals surface area contributed by atoms with Gasteiger partial charge in [-0.05, 0) is 12.1 Å². The van der Waals surface area contributed by atoms with Crippen molar-refractivity contribution in [2.75, 3.05) is 13.1 Å². The number of hydrogen-bond acceptors (Lipinski definition) is 4. The summed E-state index contributed by atoms with van der Waals surface area (Å²) >= 11 is 17.1. The molecule has 0 amide bonds. The Morgan fingerprint density at radius 1 is 1.23 bits per heavy atom. The van der Waals surface area contributed by atoms with Crippen LogP contribution in [0.3, 0.4) is 0 Å². The molecule has 0 aliphatic rings. The van der Waals surface area contributed by atoms with Crippen LogP contribution in [0.1, 0.15) is 12.0 Å². The van der Waals surface area contributed by atoms with Crippen molar-refractivity contribution in [3.05, 3.63) is 34.4 Å². The third-order valence-corrected chi connectivity index (χ3v) is 3.84. The van der Waals surface area contributed by atoms with Crippen molar-refractivity contribution in [3.8, 4) is 0 Å². The molecular formula is C13H15Cl3F2N4. The van der Waals surface area contributed by atoms with Crippen molar-refractivity contribution in [2.24, 2.45) is 5.73 Å². The molecule has 0 aliphatic carbocycles. The zero-order valence-corrected chi connectivity index (χ0v) is 13.7. The molecule has 0 fully saturated rings. The van der Waals surface area contributed by atoms with Crippen LogP contribution >= 0.6 is 34.8 Å². The van der Waals surface area contributed by atoms with Crippen LogP contribution in [0, 0.1) is 22.5 Å². The van der Waals surface area contributed by atoms with E-state index in [-0.39, 0.29) is 47.0 Å². The summed E-state index contributed by atoms with van der Waals surface area (Å²) in [6.45, 7) is 0.338. The summed E-state index contributed by atoms with van der Waals surface area (Å²) in [6, 6.07) is 1.15. The highest BCUT2D eigenvalue weighted by atomic mass is 35.5. The van der Waals surface area contributed by atoms with Gasteiger partial charge in [0, 0.05) is 31.6 Å². The average Bonchev–Trinajstić information content (AvgIpc) is 2.43. The summed E-state index contributed by atoms with van der Waals surface area (Å²) in [7, 11) is 0. The summed E-state index contributed by atoms with van der Waals surface area (Å²) in [5.41, 5.74) is 5.46. The highest BCUT2D eigenvalue weighted by molar-refractivity contribution is 6.68. The van der Waals surface area contributed by atoms with Crippen molar-refractivity contribution in [1.82, 2.24) is 4.90 Å². The van der Waals surface area contributed by atoms with E-state index in [1.54, 1.807) is 0 Å². The molecule has 0 saturated heterocycles. The molecule has 0 heterocycles. The lowest BCUT2D eigenvalue weighted by molar-refractivity contribution is 0.241. The molecule has 1 aromatic carbocycles. The molecule has 0 radical (unpaired) electrons. The molecule has 1 rings (SSSR count). The Kier molecular flexibility index (Phi) is 7.65. The molecule has 4 nitrogen and oxygen atoms in total. The average molecular weight is 372 g/mol. The van der Waals surface area contributed by atoms with E-state index in [1.807, 2.05) is 0 Å². The van der Waals surface area contributed by atoms with Gasteiger partial charge in [0.25, 0.3) is 0 Å². The fraction of sp³-hybridized carbons (Fsp3) is 0.385. The van der Waals surface area contributed by atoms with Crippen LogP contribution in [0.4, 0.5) is 8.78 Å². The van der Waals surface area contributed by atoms with Crippen LogP contribution in [-0.4, -0.2) is 34.4 Å². The zero-order valence-electron chi connectivity index (χ0n) is 11.5. The summed E-state index contributed by atoms with van der Waals surface area (Å²) in [5, 5.41) is 14.1. The van der Waals surface area contributed by atoms with Gasteiger partial charge in [-0.25, -0.2) is 8.78 Å². The zero-order chi connectivity index (χ0) is 16.9. The van der Waals surface area contributed by atoms with E-state index in [4.69, 9.17) is 51.4 Å². The summed E-state index contributed by atoms with van der Waals surface area (Å²) in [5.74, 6) is -1.41. The number of halogens is 5. The first kappa shape index (κ1) is 19.3. The van der Waals surface area contributed by atoms with Gasteiger partial charge >= 0.3 is 0 Å². The molecule has 1 unspecified atom stereocenters. The molecule has 0 aromatic heterocycles. The number of nitrogens with two attached hydrogens (primary N) is 1. The first-order valence-electron chi connectivity index (χ1n) is 6.31. The normalized spacial score (nSPS) is 12.5. The van der Waals surface area contributed by atoms with Crippen molar-refractivity contribution >= 4 is 45.1 Å². The molecule has 9 heteroatoms. The van der Waals surface area contributed by atoms with Crippen LogP contribution in [-0.2, 0) is 6.54 Å². The van der Waals surface area contributed by atoms with Crippen LogP contribution < -0.4 is 5.73 Å². The maximum Gasteiger partial charge on any atom is 0.142 e. The fourth-order valence-electron chi connectivity index (χ4n) is 1.98. The van der Waals surface area contributed by atoms with E-state index in [0.29, 0.717) is 0 Å². The first-order chi connectivity index (χ1) is 10.3. The van der Waals surface area contributed by atoms with Crippen molar-refractivity contribution < 1.29 is 8.78 Å². The molecule has 22 heavy (non-hydrogen) atoms. The Bertz CT molecular complexity index is 568. The predicted octanol–water partition coefficient (Wildman–Crippen LogP) is 3.57. The van der Waals surface area contributed by atoms with Gasteiger partial charge < -0.3 is 5.73 Å². The van der Waals surface area contributed by atoms with Gasteiger partial charge in [-0.2, -0.15) is 0 Å². The van der Waals surface area contributed by atoms with Gasteiger partial charge in [-0.3, -0.25) is 15.7 Å². The van der Waals surface area contributed by atoms with Crippen molar-refractivity contribution in [2.45, 2.75) is 19.0 Å². The fourth-order valence-corrected chi connectivity index (χ4v) is 2.55.